The van der Waals surface area contributed by atoms with Gasteiger partial charge in [-0.3, -0.25) is 9.59 Å². The topological polar surface area (TPSA) is 82.5 Å². The molecule has 7 heteroatoms. The van der Waals surface area contributed by atoms with Gasteiger partial charge >= 0.3 is 0 Å². The van der Waals surface area contributed by atoms with Crippen molar-refractivity contribution in [2.24, 2.45) is 7.05 Å². The maximum atomic E-state index is 12.7. The summed E-state index contributed by atoms with van der Waals surface area (Å²) in [5.41, 5.74) is 1.57. The maximum absolute atomic E-state index is 12.7. The Hall–Kier alpha value is -3.35. The largest absolute Gasteiger partial charge is 0.486 e. The minimum absolute atomic E-state index is 0.124. The molecule has 0 spiro atoms. The fourth-order valence-electron chi connectivity index (χ4n) is 3.10. The second kappa shape index (κ2) is 6.75. The van der Waals surface area contributed by atoms with Crippen LogP contribution in [0.2, 0.25) is 0 Å². The fourth-order valence-corrected chi connectivity index (χ4v) is 3.10. The Morgan fingerprint density at radius 1 is 1.15 bits per heavy atom. The third kappa shape index (κ3) is 3.12. The molecule has 138 valence electrons. The predicted molar refractivity (Wildman–Crippen MR) is 100 cm³/mol. The smallest absolute Gasteiger partial charge is 0.282 e. The van der Waals surface area contributed by atoms with Gasteiger partial charge in [0.2, 0.25) is 0 Å². The molecule has 1 aliphatic heterocycles. The van der Waals surface area contributed by atoms with E-state index in [0.29, 0.717) is 35.7 Å². The van der Waals surface area contributed by atoms with Crippen LogP contribution in [0.5, 0.6) is 11.5 Å². The van der Waals surface area contributed by atoms with Crippen LogP contribution in [-0.4, -0.2) is 28.7 Å². The number of amides is 1. The molecular weight excluding hydrogens is 346 g/mol. The van der Waals surface area contributed by atoms with Crippen LogP contribution in [0.15, 0.2) is 47.3 Å². The number of hydrogen-bond acceptors (Lipinski definition) is 5. The van der Waals surface area contributed by atoms with Crippen LogP contribution in [0.25, 0.3) is 11.0 Å². The highest BCUT2D eigenvalue weighted by Gasteiger charge is 2.20. The molecule has 0 radical (unpaired) electrons. The van der Waals surface area contributed by atoms with E-state index in [4.69, 9.17) is 9.47 Å². The van der Waals surface area contributed by atoms with Crippen LogP contribution in [0.4, 0.5) is 0 Å². The highest BCUT2D eigenvalue weighted by atomic mass is 16.6. The number of carbonyl (C=O) groups excluding carboxylic acids is 1. The Kier molecular flexibility index (Phi) is 4.27. The molecule has 2 aromatic carbocycles. The highest BCUT2D eigenvalue weighted by Crippen LogP contribution is 2.32. The molecule has 0 saturated carbocycles. The zero-order valence-electron chi connectivity index (χ0n) is 15.1. The molecule has 0 saturated heterocycles. The van der Waals surface area contributed by atoms with Gasteiger partial charge in [-0.15, -0.1) is 0 Å². The number of nitrogens with zero attached hydrogens (tertiary/aromatic N) is 2. The first-order valence-corrected chi connectivity index (χ1v) is 8.71. The molecule has 1 amide bonds. The van der Waals surface area contributed by atoms with Crippen molar-refractivity contribution >= 4 is 16.9 Å². The Labute approximate surface area is 155 Å². The average molecular weight is 365 g/mol. The number of carbonyl (C=O) groups is 1. The summed E-state index contributed by atoms with van der Waals surface area (Å²) in [7, 11) is 1.63. The lowest BCUT2D eigenvalue weighted by Crippen LogP contribution is -2.35. The molecule has 1 N–H and O–H groups in total. The molecule has 1 unspecified atom stereocenters. The van der Waals surface area contributed by atoms with Gasteiger partial charge < -0.3 is 19.4 Å². The monoisotopic (exact) mass is 365 g/mol. The molecule has 1 aliphatic rings. The zero-order chi connectivity index (χ0) is 19.0. The molecule has 0 fully saturated rings. The van der Waals surface area contributed by atoms with Crippen molar-refractivity contribution in [3.8, 4) is 11.5 Å². The number of para-hydroxylation sites is 2. The van der Waals surface area contributed by atoms with E-state index in [1.54, 1.807) is 19.2 Å². The van der Waals surface area contributed by atoms with Crippen molar-refractivity contribution in [3.63, 3.8) is 0 Å². The lowest BCUT2D eigenvalue weighted by Gasteiger charge is -2.21. The number of nitrogens with one attached hydrogen (secondary N) is 1. The third-order valence-corrected chi connectivity index (χ3v) is 4.61. The Bertz CT molecular complexity index is 1090. The molecule has 2 heterocycles. The van der Waals surface area contributed by atoms with Crippen molar-refractivity contribution in [1.82, 2.24) is 14.9 Å². The normalized spacial score (nSPS) is 14.0. The minimum atomic E-state index is -0.510. The second-order valence-electron chi connectivity index (χ2n) is 6.41. The van der Waals surface area contributed by atoms with Gasteiger partial charge in [-0.2, -0.15) is 0 Å². The number of fused-ring (bicyclic) bond motifs is 2. The van der Waals surface area contributed by atoms with Crippen LogP contribution in [-0.2, 0) is 7.05 Å². The fraction of sp³-hybridized carbons (Fsp3) is 0.250. The minimum Gasteiger partial charge on any atom is -0.486 e. The summed E-state index contributed by atoms with van der Waals surface area (Å²) in [6.07, 6.45) is 0. The van der Waals surface area contributed by atoms with Crippen LogP contribution < -0.4 is 20.3 Å². The summed E-state index contributed by atoms with van der Waals surface area (Å²) in [5, 5.41) is 2.84. The summed E-state index contributed by atoms with van der Waals surface area (Å²) >= 11 is 0. The predicted octanol–water partition coefficient (Wildman–Crippen LogP) is 2.20. The van der Waals surface area contributed by atoms with Crippen molar-refractivity contribution in [2.45, 2.75) is 13.0 Å². The van der Waals surface area contributed by atoms with Crippen molar-refractivity contribution in [2.75, 3.05) is 13.2 Å². The molecule has 3 aromatic rings. The molecular formula is C20H19N3O4. The molecule has 4 rings (SSSR count). The lowest BCUT2D eigenvalue weighted by atomic mass is 10.1. The molecule has 1 aromatic heterocycles. The first-order chi connectivity index (χ1) is 13.0. The number of hydrogen-bond donors (Lipinski definition) is 1. The number of aryl methyl sites for hydroxylation is 1. The SMILES string of the molecule is CC(NC(=O)c1nc2ccccc2n(C)c1=O)c1ccc2c(c1)OCCO2. The molecule has 7 nitrogen and oxygen atoms in total. The van der Waals surface area contributed by atoms with Crippen LogP contribution in [0, 0.1) is 0 Å². The first-order valence-electron chi connectivity index (χ1n) is 8.71. The van der Waals surface area contributed by atoms with E-state index in [9.17, 15) is 9.59 Å². The van der Waals surface area contributed by atoms with Gasteiger partial charge in [0, 0.05) is 7.05 Å². The van der Waals surface area contributed by atoms with Crippen molar-refractivity contribution in [3.05, 3.63) is 64.1 Å². The van der Waals surface area contributed by atoms with Gasteiger partial charge in [0.25, 0.3) is 11.5 Å². The van der Waals surface area contributed by atoms with Crippen molar-refractivity contribution in [1.29, 1.82) is 0 Å². The standard InChI is InChI=1S/C20H19N3O4/c1-12(13-7-8-16-17(11-13)27-10-9-26-16)21-19(24)18-20(25)23(2)15-6-4-3-5-14(15)22-18/h3-8,11-12H,9-10H2,1-2H3,(H,21,24). The maximum Gasteiger partial charge on any atom is 0.282 e. The van der Waals surface area contributed by atoms with Crippen LogP contribution >= 0.6 is 0 Å². The van der Waals surface area contributed by atoms with Gasteiger partial charge in [0.1, 0.15) is 13.2 Å². The van der Waals surface area contributed by atoms with E-state index in [1.165, 1.54) is 4.57 Å². The Morgan fingerprint density at radius 3 is 2.70 bits per heavy atom. The van der Waals surface area contributed by atoms with E-state index in [2.05, 4.69) is 10.3 Å². The third-order valence-electron chi connectivity index (χ3n) is 4.61. The summed E-state index contributed by atoms with van der Waals surface area (Å²) in [5.74, 6) is 0.830. The number of rotatable bonds is 3. The van der Waals surface area contributed by atoms with Gasteiger partial charge in [0.15, 0.2) is 17.2 Å². The Balaban J connectivity index is 1.61. The molecule has 0 bridgehead atoms. The first kappa shape index (κ1) is 17.1. The van der Waals surface area contributed by atoms with Gasteiger partial charge in [-0.25, -0.2) is 4.98 Å². The number of aromatic nitrogens is 2. The zero-order valence-corrected chi connectivity index (χ0v) is 15.1. The molecule has 0 aliphatic carbocycles. The van der Waals surface area contributed by atoms with E-state index in [1.807, 2.05) is 37.3 Å². The second-order valence-corrected chi connectivity index (χ2v) is 6.41. The lowest BCUT2D eigenvalue weighted by molar-refractivity contribution is 0.0933. The summed E-state index contributed by atoms with van der Waals surface area (Å²) in [4.78, 5) is 29.5. The van der Waals surface area contributed by atoms with E-state index >= 15 is 0 Å². The van der Waals surface area contributed by atoms with E-state index < -0.39 is 11.5 Å². The summed E-state index contributed by atoms with van der Waals surface area (Å²) in [6, 6.07) is 12.4. The van der Waals surface area contributed by atoms with E-state index in [-0.39, 0.29) is 11.7 Å². The average Bonchev–Trinajstić information content (AvgIpc) is 2.70. The van der Waals surface area contributed by atoms with Crippen LogP contribution in [0.3, 0.4) is 0 Å². The Morgan fingerprint density at radius 2 is 1.89 bits per heavy atom. The molecule has 1 atom stereocenters. The highest BCUT2D eigenvalue weighted by molar-refractivity contribution is 5.94. The van der Waals surface area contributed by atoms with Gasteiger partial charge in [-0.05, 0) is 36.8 Å². The van der Waals surface area contributed by atoms with Gasteiger partial charge in [-0.1, -0.05) is 18.2 Å². The van der Waals surface area contributed by atoms with Crippen molar-refractivity contribution < 1.29 is 14.3 Å². The van der Waals surface area contributed by atoms with Crippen LogP contribution in [0.1, 0.15) is 29.0 Å². The summed E-state index contributed by atoms with van der Waals surface area (Å²) in [6.45, 7) is 2.86. The molecule has 27 heavy (non-hydrogen) atoms. The van der Waals surface area contributed by atoms with Gasteiger partial charge in [0.05, 0.1) is 17.1 Å². The number of benzene rings is 2. The summed E-state index contributed by atoms with van der Waals surface area (Å²) < 4.78 is 12.5. The van der Waals surface area contributed by atoms with E-state index in [0.717, 1.165) is 5.56 Å². The quantitative estimate of drug-likeness (QED) is 0.769. The number of ether oxygens (including phenoxy) is 2.